The van der Waals surface area contributed by atoms with E-state index in [0.717, 1.165) is 24.4 Å². The van der Waals surface area contributed by atoms with Crippen LogP contribution in [-0.2, 0) is 6.42 Å². The van der Waals surface area contributed by atoms with Gasteiger partial charge in [0.25, 0.3) is 0 Å². The van der Waals surface area contributed by atoms with E-state index < -0.39 is 0 Å². The van der Waals surface area contributed by atoms with Crippen LogP contribution in [-0.4, -0.2) is 11.5 Å². The lowest BCUT2D eigenvalue weighted by atomic mass is 10.1. The summed E-state index contributed by atoms with van der Waals surface area (Å²) in [6, 6.07) is 10.4. The molecular formula is C11H15NS. The zero-order valence-corrected chi connectivity index (χ0v) is 8.73. The second kappa shape index (κ2) is 5.70. The van der Waals surface area contributed by atoms with E-state index in [2.05, 4.69) is 36.5 Å². The molecule has 1 N–H and O–H groups in total. The quantitative estimate of drug-likeness (QED) is 0.738. The molecule has 0 radical (unpaired) electrons. The molecule has 0 aliphatic heterocycles. The van der Waals surface area contributed by atoms with Gasteiger partial charge in [-0.25, -0.2) is 0 Å². The third kappa shape index (κ3) is 4.04. The molecule has 0 saturated heterocycles. The summed E-state index contributed by atoms with van der Waals surface area (Å²) in [5.41, 5.74) is 1.35. The van der Waals surface area contributed by atoms with Gasteiger partial charge in [0.2, 0.25) is 0 Å². The van der Waals surface area contributed by atoms with Crippen LogP contribution in [0.3, 0.4) is 0 Å². The molecule has 1 rings (SSSR count). The lowest BCUT2D eigenvalue weighted by Crippen LogP contribution is -2.20. The third-order valence-electron chi connectivity index (χ3n) is 1.86. The smallest absolute Gasteiger partial charge is 0.0756 e. The maximum Gasteiger partial charge on any atom is 0.0756 e. The number of aryl methyl sites for hydroxylation is 1. The van der Waals surface area contributed by atoms with Crippen molar-refractivity contribution >= 4 is 17.2 Å². The molecule has 1 aromatic rings. The van der Waals surface area contributed by atoms with Crippen molar-refractivity contribution in [1.29, 1.82) is 0 Å². The Labute approximate surface area is 85.2 Å². The van der Waals surface area contributed by atoms with E-state index in [9.17, 15) is 0 Å². The Morgan fingerprint density at radius 1 is 1.31 bits per heavy atom. The molecule has 13 heavy (non-hydrogen) atoms. The Kier molecular flexibility index (Phi) is 4.47. The molecule has 0 aromatic heterocycles. The maximum atomic E-state index is 5.14. The minimum absolute atomic E-state index is 0.924. The Morgan fingerprint density at radius 3 is 2.62 bits per heavy atom. The lowest BCUT2D eigenvalue weighted by Gasteiger charge is -2.04. The molecule has 0 atom stereocenters. The summed E-state index contributed by atoms with van der Waals surface area (Å²) in [6.07, 6.45) is 1.99. The summed E-state index contributed by atoms with van der Waals surface area (Å²) in [7, 11) is 0. The van der Waals surface area contributed by atoms with Crippen molar-refractivity contribution in [2.45, 2.75) is 19.8 Å². The molecule has 0 aliphatic carbocycles. The standard InChI is InChI=1S/C11H15NS/c1-2-12-11(13)9-8-10-6-4-3-5-7-10/h3-7H,2,8-9H2,1H3,(H,12,13). The van der Waals surface area contributed by atoms with Crippen molar-refractivity contribution in [2.75, 3.05) is 6.54 Å². The van der Waals surface area contributed by atoms with Gasteiger partial charge in [0.15, 0.2) is 0 Å². The molecule has 2 heteroatoms. The van der Waals surface area contributed by atoms with E-state index in [1.54, 1.807) is 0 Å². The zero-order valence-electron chi connectivity index (χ0n) is 7.92. The largest absolute Gasteiger partial charge is 0.380 e. The number of thiocarbonyl (C=S) groups is 1. The highest BCUT2D eigenvalue weighted by Gasteiger charge is 1.95. The molecule has 70 valence electrons. The first-order chi connectivity index (χ1) is 6.33. The van der Waals surface area contributed by atoms with Crippen LogP contribution in [0.1, 0.15) is 18.9 Å². The molecule has 0 bridgehead atoms. The van der Waals surface area contributed by atoms with Gasteiger partial charge in [-0.2, -0.15) is 0 Å². The highest BCUT2D eigenvalue weighted by atomic mass is 32.1. The normalized spacial score (nSPS) is 9.62. The van der Waals surface area contributed by atoms with Gasteiger partial charge in [-0.3, -0.25) is 0 Å². The number of rotatable bonds is 4. The summed E-state index contributed by atoms with van der Waals surface area (Å²) >= 11 is 5.14. The van der Waals surface area contributed by atoms with Gasteiger partial charge >= 0.3 is 0 Å². The monoisotopic (exact) mass is 193 g/mol. The molecule has 1 aromatic carbocycles. The van der Waals surface area contributed by atoms with E-state index in [0.29, 0.717) is 0 Å². The van der Waals surface area contributed by atoms with Gasteiger partial charge in [0.1, 0.15) is 0 Å². The number of nitrogens with one attached hydrogen (secondary N) is 1. The minimum atomic E-state index is 0.924. The average molecular weight is 193 g/mol. The van der Waals surface area contributed by atoms with E-state index in [1.807, 2.05) is 6.07 Å². The maximum absolute atomic E-state index is 5.14. The predicted octanol–water partition coefficient (Wildman–Crippen LogP) is 2.56. The lowest BCUT2D eigenvalue weighted by molar-refractivity contribution is 0.924. The van der Waals surface area contributed by atoms with Crippen molar-refractivity contribution in [3.05, 3.63) is 35.9 Å². The number of benzene rings is 1. The van der Waals surface area contributed by atoms with Crippen LogP contribution in [0.2, 0.25) is 0 Å². The average Bonchev–Trinajstić information content (AvgIpc) is 2.17. The van der Waals surface area contributed by atoms with Crippen molar-refractivity contribution in [3.63, 3.8) is 0 Å². The predicted molar refractivity (Wildman–Crippen MR) is 61.0 cm³/mol. The fourth-order valence-electron chi connectivity index (χ4n) is 1.19. The van der Waals surface area contributed by atoms with Gasteiger partial charge in [-0.05, 0) is 18.9 Å². The number of hydrogen-bond donors (Lipinski definition) is 1. The summed E-state index contributed by atoms with van der Waals surface area (Å²) in [6.45, 7) is 2.99. The summed E-state index contributed by atoms with van der Waals surface area (Å²) in [5.74, 6) is 0. The molecule has 0 fully saturated rings. The fraction of sp³-hybridized carbons (Fsp3) is 0.364. The van der Waals surface area contributed by atoms with Crippen molar-refractivity contribution in [2.24, 2.45) is 0 Å². The van der Waals surface area contributed by atoms with Gasteiger partial charge in [-0.1, -0.05) is 42.5 Å². The zero-order chi connectivity index (χ0) is 9.52. The van der Waals surface area contributed by atoms with E-state index in [1.165, 1.54) is 5.56 Å². The van der Waals surface area contributed by atoms with Crippen LogP contribution < -0.4 is 5.32 Å². The first kappa shape index (κ1) is 10.2. The number of hydrogen-bond acceptors (Lipinski definition) is 1. The molecule has 0 aliphatic rings. The highest BCUT2D eigenvalue weighted by molar-refractivity contribution is 7.80. The van der Waals surface area contributed by atoms with E-state index >= 15 is 0 Å². The minimum Gasteiger partial charge on any atom is -0.380 e. The van der Waals surface area contributed by atoms with Crippen molar-refractivity contribution in [3.8, 4) is 0 Å². The molecule has 0 spiro atoms. The van der Waals surface area contributed by atoms with Crippen LogP contribution in [0.4, 0.5) is 0 Å². The Bertz CT molecular complexity index is 256. The van der Waals surface area contributed by atoms with Gasteiger partial charge in [0, 0.05) is 13.0 Å². The van der Waals surface area contributed by atoms with Gasteiger partial charge in [-0.15, -0.1) is 0 Å². The fourth-order valence-corrected chi connectivity index (χ4v) is 1.43. The van der Waals surface area contributed by atoms with E-state index in [-0.39, 0.29) is 0 Å². The van der Waals surface area contributed by atoms with Crippen molar-refractivity contribution < 1.29 is 0 Å². The third-order valence-corrected chi connectivity index (χ3v) is 2.21. The summed E-state index contributed by atoms with van der Waals surface area (Å²) < 4.78 is 0. The van der Waals surface area contributed by atoms with Crippen LogP contribution in [0, 0.1) is 0 Å². The molecule has 1 nitrogen and oxygen atoms in total. The first-order valence-electron chi connectivity index (χ1n) is 4.63. The second-order valence-electron chi connectivity index (χ2n) is 2.94. The Morgan fingerprint density at radius 2 is 2.00 bits per heavy atom. The Hall–Kier alpha value is -0.890. The van der Waals surface area contributed by atoms with E-state index in [4.69, 9.17) is 12.2 Å². The van der Waals surface area contributed by atoms with Crippen LogP contribution in [0.15, 0.2) is 30.3 Å². The Balaban J connectivity index is 2.31. The highest BCUT2D eigenvalue weighted by Crippen LogP contribution is 2.02. The summed E-state index contributed by atoms with van der Waals surface area (Å²) in [4.78, 5) is 0.964. The molecule has 0 heterocycles. The molecule has 0 saturated carbocycles. The SMILES string of the molecule is CCNC(=S)CCc1ccccc1. The van der Waals surface area contributed by atoms with Crippen molar-refractivity contribution in [1.82, 2.24) is 5.32 Å². The van der Waals surface area contributed by atoms with Crippen LogP contribution >= 0.6 is 12.2 Å². The summed E-state index contributed by atoms with van der Waals surface area (Å²) in [5, 5.41) is 3.15. The molecule has 0 unspecified atom stereocenters. The topological polar surface area (TPSA) is 12.0 Å². The molecular weight excluding hydrogens is 178 g/mol. The second-order valence-corrected chi connectivity index (χ2v) is 3.43. The van der Waals surface area contributed by atoms with Crippen LogP contribution in [0.25, 0.3) is 0 Å². The van der Waals surface area contributed by atoms with Crippen LogP contribution in [0.5, 0.6) is 0 Å². The van der Waals surface area contributed by atoms with Gasteiger partial charge in [0.05, 0.1) is 4.99 Å². The van der Waals surface area contributed by atoms with Gasteiger partial charge < -0.3 is 5.32 Å². The first-order valence-corrected chi connectivity index (χ1v) is 5.04. The molecule has 0 amide bonds.